The Bertz CT molecular complexity index is 470. The van der Waals surface area contributed by atoms with Gasteiger partial charge in [0.1, 0.15) is 12.4 Å². The molecule has 0 aliphatic heterocycles. The number of methoxy groups -OCH3 is 1. The molecule has 0 unspecified atom stereocenters. The van der Waals surface area contributed by atoms with Gasteiger partial charge < -0.3 is 24.8 Å². The summed E-state index contributed by atoms with van der Waals surface area (Å²) in [5.74, 6) is 1.65. The molecule has 0 saturated heterocycles. The van der Waals surface area contributed by atoms with Crippen LogP contribution in [0, 0.1) is 0 Å². The molecule has 0 aromatic heterocycles. The smallest absolute Gasteiger partial charge is 0.191 e. The van der Waals surface area contributed by atoms with Gasteiger partial charge in [-0.2, -0.15) is 0 Å². The van der Waals surface area contributed by atoms with Crippen molar-refractivity contribution < 1.29 is 14.2 Å². The summed E-state index contributed by atoms with van der Waals surface area (Å²) in [6, 6.07) is 8.03. The number of rotatable bonds is 13. The van der Waals surface area contributed by atoms with Crippen LogP contribution in [-0.2, 0) is 16.0 Å². The average Bonchev–Trinajstić information content (AvgIpc) is 2.64. The van der Waals surface area contributed by atoms with E-state index in [1.165, 1.54) is 12.0 Å². The number of hydrogen-bond acceptors (Lipinski definition) is 4. The van der Waals surface area contributed by atoms with Crippen molar-refractivity contribution >= 4 is 29.9 Å². The minimum atomic E-state index is 0. The summed E-state index contributed by atoms with van der Waals surface area (Å²) in [6.45, 7) is 6.52. The van der Waals surface area contributed by atoms with Crippen molar-refractivity contribution in [3.8, 4) is 5.75 Å². The third kappa shape index (κ3) is 12.3. The SMILES string of the molecule is CCCCOCCCNC(=NC)NCc1ccc(OCCOC)cc1.I. The van der Waals surface area contributed by atoms with Crippen LogP contribution >= 0.6 is 24.0 Å². The van der Waals surface area contributed by atoms with Crippen molar-refractivity contribution in [3.05, 3.63) is 29.8 Å². The first kappa shape index (κ1) is 24.9. The molecule has 6 nitrogen and oxygen atoms in total. The Labute approximate surface area is 175 Å². The van der Waals surface area contributed by atoms with Crippen LogP contribution in [0.25, 0.3) is 0 Å². The predicted octanol–water partition coefficient (Wildman–Crippen LogP) is 3.20. The molecule has 0 aliphatic carbocycles. The molecule has 26 heavy (non-hydrogen) atoms. The van der Waals surface area contributed by atoms with Gasteiger partial charge in [-0.3, -0.25) is 4.99 Å². The van der Waals surface area contributed by atoms with Crippen molar-refractivity contribution in [2.45, 2.75) is 32.7 Å². The first-order valence-corrected chi connectivity index (χ1v) is 9.03. The Morgan fingerprint density at radius 2 is 1.73 bits per heavy atom. The molecule has 0 heterocycles. The third-order valence-corrected chi connectivity index (χ3v) is 3.56. The van der Waals surface area contributed by atoms with Gasteiger partial charge in [0.25, 0.3) is 0 Å². The number of unbranched alkanes of at least 4 members (excludes halogenated alkanes) is 1. The lowest BCUT2D eigenvalue weighted by molar-refractivity contribution is 0.129. The zero-order valence-corrected chi connectivity index (χ0v) is 18.6. The van der Waals surface area contributed by atoms with E-state index in [4.69, 9.17) is 14.2 Å². The zero-order chi connectivity index (χ0) is 18.2. The highest BCUT2D eigenvalue weighted by atomic mass is 127. The molecule has 0 amide bonds. The molecule has 7 heteroatoms. The number of ether oxygens (including phenoxy) is 3. The Morgan fingerprint density at radius 3 is 2.38 bits per heavy atom. The molecule has 1 aromatic carbocycles. The lowest BCUT2D eigenvalue weighted by atomic mass is 10.2. The first-order valence-electron chi connectivity index (χ1n) is 9.03. The second kappa shape index (κ2) is 17.4. The molecule has 150 valence electrons. The number of halogens is 1. The van der Waals surface area contributed by atoms with Crippen LogP contribution in [0.4, 0.5) is 0 Å². The van der Waals surface area contributed by atoms with Crippen LogP contribution in [0.15, 0.2) is 29.3 Å². The highest BCUT2D eigenvalue weighted by Crippen LogP contribution is 2.11. The minimum Gasteiger partial charge on any atom is -0.491 e. The van der Waals surface area contributed by atoms with Gasteiger partial charge in [0, 0.05) is 40.5 Å². The van der Waals surface area contributed by atoms with E-state index in [1.54, 1.807) is 14.2 Å². The maximum atomic E-state index is 5.56. The van der Waals surface area contributed by atoms with Crippen molar-refractivity contribution in [2.75, 3.05) is 47.1 Å². The summed E-state index contributed by atoms with van der Waals surface area (Å²) >= 11 is 0. The molecular weight excluding hydrogens is 445 g/mol. The van der Waals surface area contributed by atoms with Crippen molar-refractivity contribution in [1.82, 2.24) is 10.6 Å². The highest BCUT2D eigenvalue weighted by Gasteiger charge is 1.99. The topological polar surface area (TPSA) is 64.1 Å². The second-order valence-corrected chi connectivity index (χ2v) is 5.66. The summed E-state index contributed by atoms with van der Waals surface area (Å²) < 4.78 is 16.1. The standard InChI is InChI=1S/C19H33N3O3.HI/c1-4-5-12-24-13-6-11-21-19(20-2)22-16-17-7-9-18(10-8-17)25-15-14-23-3;/h7-10H,4-6,11-16H2,1-3H3,(H2,20,21,22);1H. The molecule has 0 fully saturated rings. The number of guanidine groups is 1. The number of aliphatic imine (C=N–C) groups is 1. The van der Waals surface area contributed by atoms with E-state index in [0.717, 1.165) is 44.3 Å². The Hall–Kier alpha value is -1.06. The van der Waals surface area contributed by atoms with Gasteiger partial charge in [0.15, 0.2) is 5.96 Å². The fraction of sp³-hybridized carbons (Fsp3) is 0.632. The Balaban J connectivity index is 0.00000625. The Kier molecular flexibility index (Phi) is 16.7. The van der Waals surface area contributed by atoms with Crippen LogP contribution in [0.2, 0.25) is 0 Å². The molecule has 0 saturated carbocycles. The lowest BCUT2D eigenvalue weighted by Crippen LogP contribution is -2.37. The van der Waals surface area contributed by atoms with Crippen LogP contribution in [-0.4, -0.2) is 53.1 Å². The lowest BCUT2D eigenvalue weighted by Gasteiger charge is -2.12. The number of hydrogen-bond donors (Lipinski definition) is 2. The molecule has 1 aromatic rings. The van der Waals surface area contributed by atoms with E-state index in [9.17, 15) is 0 Å². The molecular formula is C19H34IN3O3. The quantitative estimate of drug-likeness (QED) is 0.197. The number of nitrogens with zero attached hydrogens (tertiary/aromatic N) is 1. The van der Waals surface area contributed by atoms with Crippen molar-refractivity contribution in [3.63, 3.8) is 0 Å². The fourth-order valence-corrected chi connectivity index (χ4v) is 2.08. The largest absolute Gasteiger partial charge is 0.491 e. The van der Waals surface area contributed by atoms with Gasteiger partial charge in [-0.05, 0) is 30.5 Å². The average molecular weight is 479 g/mol. The second-order valence-electron chi connectivity index (χ2n) is 5.66. The monoisotopic (exact) mass is 479 g/mol. The molecule has 0 atom stereocenters. The fourth-order valence-electron chi connectivity index (χ4n) is 2.08. The molecule has 2 N–H and O–H groups in total. The van der Waals surface area contributed by atoms with Gasteiger partial charge in [-0.15, -0.1) is 24.0 Å². The van der Waals surface area contributed by atoms with Crippen LogP contribution in [0.3, 0.4) is 0 Å². The summed E-state index contributed by atoms with van der Waals surface area (Å²) in [7, 11) is 3.44. The summed E-state index contributed by atoms with van der Waals surface area (Å²) in [6.07, 6.45) is 3.28. The van der Waals surface area contributed by atoms with Gasteiger partial charge in [0.05, 0.1) is 6.61 Å². The van der Waals surface area contributed by atoms with E-state index >= 15 is 0 Å². The summed E-state index contributed by atoms with van der Waals surface area (Å²) in [4.78, 5) is 4.23. The van der Waals surface area contributed by atoms with Gasteiger partial charge >= 0.3 is 0 Å². The number of nitrogens with one attached hydrogen (secondary N) is 2. The Morgan fingerprint density at radius 1 is 1.00 bits per heavy atom. The zero-order valence-electron chi connectivity index (χ0n) is 16.3. The predicted molar refractivity (Wildman–Crippen MR) is 118 cm³/mol. The van der Waals surface area contributed by atoms with E-state index in [0.29, 0.717) is 19.8 Å². The highest BCUT2D eigenvalue weighted by molar-refractivity contribution is 14.0. The molecule has 0 bridgehead atoms. The van der Waals surface area contributed by atoms with Gasteiger partial charge in [0.2, 0.25) is 0 Å². The van der Waals surface area contributed by atoms with Crippen molar-refractivity contribution in [1.29, 1.82) is 0 Å². The summed E-state index contributed by atoms with van der Waals surface area (Å²) in [5.41, 5.74) is 1.17. The third-order valence-electron chi connectivity index (χ3n) is 3.56. The normalized spacial score (nSPS) is 11.0. The van der Waals surface area contributed by atoms with Gasteiger partial charge in [-0.25, -0.2) is 0 Å². The van der Waals surface area contributed by atoms with E-state index in [1.807, 2.05) is 24.3 Å². The van der Waals surface area contributed by atoms with Crippen LogP contribution in [0.5, 0.6) is 5.75 Å². The maximum absolute atomic E-state index is 5.56. The minimum absolute atomic E-state index is 0. The van der Waals surface area contributed by atoms with Crippen LogP contribution < -0.4 is 15.4 Å². The summed E-state index contributed by atoms with van der Waals surface area (Å²) in [5, 5.41) is 6.60. The molecule has 0 spiro atoms. The van der Waals surface area contributed by atoms with E-state index in [-0.39, 0.29) is 24.0 Å². The van der Waals surface area contributed by atoms with E-state index < -0.39 is 0 Å². The van der Waals surface area contributed by atoms with Crippen LogP contribution in [0.1, 0.15) is 31.7 Å². The first-order chi connectivity index (χ1) is 12.3. The molecule has 0 radical (unpaired) electrons. The molecule has 1 rings (SSSR count). The van der Waals surface area contributed by atoms with Crippen molar-refractivity contribution in [2.24, 2.45) is 4.99 Å². The van der Waals surface area contributed by atoms with E-state index in [2.05, 4.69) is 22.5 Å². The number of benzene rings is 1. The van der Waals surface area contributed by atoms with Gasteiger partial charge in [-0.1, -0.05) is 25.5 Å². The molecule has 0 aliphatic rings. The maximum Gasteiger partial charge on any atom is 0.191 e.